The Labute approximate surface area is 152 Å². The molecule has 0 saturated carbocycles. The molecule has 1 amide bonds. The van der Waals surface area contributed by atoms with Crippen molar-refractivity contribution < 1.29 is 28.2 Å². The lowest BCUT2D eigenvalue weighted by atomic mass is 10.2. The van der Waals surface area contributed by atoms with Crippen LogP contribution in [-0.2, 0) is 16.1 Å². The molecule has 3 rings (SSSR count). The molecule has 1 atom stereocenters. The SMILES string of the molecule is C[C@H](NC(=O)c1ccco1)C(=O)OCc1cc2c(cc1Br)OCCO2. The maximum Gasteiger partial charge on any atom is 0.328 e. The zero-order chi connectivity index (χ0) is 17.8. The molecule has 1 N–H and O–H groups in total. The number of hydrogen-bond acceptors (Lipinski definition) is 6. The standard InChI is InChI=1S/C17H16BrNO6/c1-10(19-16(20)13-3-2-4-22-13)17(21)25-9-11-7-14-15(8-12(11)18)24-6-5-23-14/h2-4,7-8,10H,5-6,9H2,1H3,(H,19,20)/t10-/m0/s1. The minimum Gasteiger partial charge on any atom is -0.486 e. The Hall–Kier alpha value is -2.48. The van der Waals surface area contributed by atoms with Crippen molar-refractivity contribution in [2.24, 2.45) is 0 Å². The molecular weight excluding hydrogens is 394 g/mol. The molecule has 2 aromatic rings. The van der Waals surface area contributed by atoms with Gasteiger partial charge in [0.25, 0.3) is 5.91 Å². The van der Waals surface area contributed by atoms with Gasteiger partial charge >= 0.3 is 5.97 Å². The lowest BCUT2D eigenvalue weighted by Crippen LogP contribution is -2.39. The number of carbonyl (C=O) groups excluding carboxylic acids is 2. The molecule has 25 heavy (non-hydrogen) atoms. The molecule has 8 heteroatoms. The van der Waals surface area contributed by atoms with Gasteiger partial charge in [0.05, 0.1) is 6.26 Å². The van der Waals surface area contributed by atoms with Crippen molar-refractivity contribution in [3.05, 3.63) is 46.3 Å². The van der Waals surface area contributed by atoms with E-state index >= 15 is 0 Å². The molecule has 1 aromatic carbocycles. The van der Waals surface area contributed by atoms with Crippen LogP contribution in [-0.4, -0.2) is 31.1 Å². The Balaban J connectivity index is 1.57. The Kier molecular flexibility index (Phi) is 5.28. The quantitative estimate of drug-likeness (QED) is 0.763. The fourth-order valence-electron chi connectivity index (χ4n) is 2.23. The van der Waals surface area contributed by atoms with Crippen LogP contribution >= 0.6 is 15.9 Å². The van der Waals surface area contributed by atoms with Crippen LogP contribution in [0.5, 0.6) is 11.5 Å². The maximum atomic E-state index is 12.1. The Morgan fingerprint density at radius 3 is 2.68 bits per heavy atom. The van der Waals surface area contributed by atoms with Crippen LogP contribution in [0, 0.1) is 0 Å². The van der Waals surface area contributed by atoms with Crippen LogP contribution in [0.4, 0.5) is 0 Å². The van der Waals surface area contributed by atoms with Crippen molar-refractivity contribution in [3.8, 4) is 11.5 Å². The zero-order valence-electron chi connectivity index (χ0n) is 13.4. The fourth-order valence-corrected chi connectivity index (χ4v) is 2.66. The molecule has 0 aliphatic carbocycles. The van der Waals surface area contributed by atoms with Crippen LogP contribution < -0.4 is 14.8 Å². The highest BCUT2D eigenvalue weighted by Crippen LogP contribution is 2.35. The molecular formula is C17H16BrNO6. The smallest absolute Gasteiger partial charge is 0.328 e. The Morgan fingerprint density at radius 1 is 1.28 bits per heavy atom. The van der Waals surface area contributed by atoms with Crippen molar-refractivity contribution in [2.75, 3.05) is 13.2 Å². The van der Waals surface area contributed by atoms with E-state index in [1.54, 1.807) is 25.1 Å². The van der Waals surface area contributed by atoms with E-state index in [0.29, 0.717) is 24.7 Å². The predicted molar refractivity (Wildman–Crippen MR) is 90.6 cm³/mol. The largest absolute Gasteiger partial charge is 0.486 e. The highest BCUT2D eigenvalue weighted by molar-refractivity contribution is 9.10. The number of hydrogen-bond donors (Lipinski definition) is 1. The van der Waals surface area contributed by atoms with Gasteiger partial charge in [-0.05, 0) is 31.2 Å². The first-order valence-corrected chi connectivity index (χ1v) is 8.43. The summed E-state index contributed by atoms with van der Waals surface area (Å²) in [7, 11) is 0. The van der Waals surface area contributed by atoms with Gasteiger partial charge in [-0.25, -0.2) is 4.79 Å². The first kappa shape index (κ1) is 17.3. The van der Waals surface area contributed by atoms with Crippen LogP contribution in [0.1, 0.15) is 23.0 Å². The van der Waals surface area contributed by atoms with E-state index in [-0.39, 0.29) is 12.4 Å². The molecule has 0 fully saturated rings. The average molecular weight is 410 g/mol. The topological polar surface area (TPSA) is 87.0 Å². The maximum absolute atomic E-state index is 12.1. The lowest BCUT2D eigenvalue weighted by molar-refractivity contribution is -0.146. The summed E-state index contributed by atoms with van der Waals surface area (Å²) in [4.78, 5) is 23.9. The molecule has 0 spiro atoms. The summed E-state index contributed by atoms with van der Waals surface area (Å²) in [6.07, 6.45) is 1.39. The summed E-state index contributed by atoms with van der Waals surface area (Å²) in [5, 5.41) is 2.52. The number of halogens is 1. The zero-order valence-corrected chi connectivity index (χ0v) is 15.0. The van der Waals surface area contributed by atoms with Crippen molar-refractivity contribution in [3.63, 3.8) is 0 Å². The van der Waals surface area contributed by atoms with Gasteiger partial charge in [-0.1, -0.05) is 15.9 Å². The normalized spacial score (nSPS) is 13.8. The second kappa shape index (κ2) is 7.60. The number of amides is 1. The van der Waals surface area contributed by atoms with E-state index in [9.17, 15) is 9.59 Å². The summed E-state index contributed by atoms with van der Waals surface area (Å²) in [5.74, 6) is 0.359. The molecule has 0 radical (unpaired) electrons. The van der Waals surface area contributed by atoms with E-state index in [1.807, 2.05) is 0 Å². The van der Waals surface area contributed by atoms with Crippen LogP contribution in [0.15, 0.2) is 39.4 Å². The third kappa shape index (κ3) is 4.14. The van der Waals surface area contributed by atoms with Crippen molar-refractivity contribution in [2.45, 2.75) is 19.6 Å². The van der Waals surface area contributed by atoms with Crippen molar-refractivity contribution in [1.82, 2.24) is 5.32 Å². The van der Waals surface area contributed by atoms with E-state index in [0.717, 1.165) is 10.0 Å². The molecule has 0 saturated heterocycles. The number of ether oxygens (including phenoxy) is 3. The minimum absolute atomic E-state index is 0.0387. The van der Waals surface area contributed by atoms with E-state index in [4.69, 9.17) is 18.6 Å². The lowest BCUT2D eigenvalue weighted by Gasteiger charge is -2.20. The summed E-state index contributed by atoms with van der Waals surface area (Å²) in [6.45, 7) is 2.56. The fraction of sp³-hybridized carbons (Fsp3) is 0.294. The molecule has 7 nitrogen and oxygen atoms in total. The number of rotatable bonds is 5. The van der Waals surface area contributed by atoms with Crippen LogP contribution in [0.2, 0.25) is 0 Å². The van der Waals surface area contributed by atoms with Gasteiger partial charge in [0.1, 0.15) is 25.9 Å². The predicted octanol–water partition coefficient (Wildman–Crippen LogP) is 2.68. The third-order valence-electron chi connectivity index (χ3n) is 3.53. The van der Waals surface area contributed by atoms with Gasteiger partial charge in [-0.3, -0.25) is 4.79 Å². The number of furan rings is 1. The number of esters is 1. The minimum atomic E-state index is -0.811. The van der Waals surface area contributed by atoms with E-state index in [2.05, 4.69) is 21.2 Å². The van der Waals surface area contributed by atoms with E-state index < -0.39 is 17.9 Å². The molecule has 0 bridgehead atoms. The summed E-state index contributed by atoms with van der Waals surface area (Å²) in [5.41, 5.74) is 0.738. The van der Waals surface area contributed by atoms with Gasteiger partial charge in [-0.15, -0.1) is 0 Å². The van der Waals surface area contributed by atoms with E-state index in [1.165, 1.54) is 12.3 Å². The monoisotopic (exact) mass is 409 g/mol. The van der Waals surface area contributed by atoms with Crippen molar-refractivity contribution in [1.29, 1.82) is 0 Å². The van der Waals surface area contributed by atoms with Gasteiger partial charge in [0, 0.05) is 10.0 Å². The molecule has 1 aromatic heterocycles. The number of fused-ring (bicyclic) bond motifs is 1. The summed E-state index contributed by atoms with van der Waals surface area (Å²) >= 11 is 3.42. The average Bonchev–Trinajstić information content (AvgIpc) is 3.14. The highest BCUT2D eigenvalue weighted by Gasteiger charge is 2.21. The Bertz CT molecular complexity index is 774. The summed E-state index contributed by atoms with van der Waals surface area (Å²) in [6, 6.07) is 5.84. The molecule has 2 heterocycles. The van der Waals surface area contributed by atoms with Gasteiger partial charge in [-0.2, -0.15) is 0 Å². The first-order valence-electron chi connectivity index (χ1n) is 7.63. The van der Waals surface area contributed by atoms with Crippen molar-refractivity contribution >= 4 is 27.8 Å². The first-order chi connectivity index (χ1) is 12.0. The van der Waals surface area contributed by atoms with Gasteiger partial charge < -0.3 is 23.9 Å². The molecule has 1 aliphatic rings. The summed E-state index contributed by atoms with van der Waals surface area (Å²) < 4.78 is 22.0. The molecule has 1 aliphatic heterocycles. The van der Waals surface area contributed by atoms with Crippen LogP contribution in [0.25, 0.3) is 0 Å². The molecule has 0 unspecified atom stereocenters. The highest BCUT2D eigenvalue weighted by atomic mass is 79.9. The number of benzene rings is 1. The van der Waals surface area contributed by atoms with Gasteiger partial charge in [0.2, 0.25) is 0 Å². The Morgan fingerprint density at radius 2 is 2.00 bits per heavy atom. The second-order valence-corrected chi connectivity index (χ2v) is 6.22. The third-order valence-corrected chi connectivity index (χ3v) is 4.27. The molecule has 132 valence electrons. The second-order valence-electron chi connectivity index (χ2n) is 5.37. The van der Waals surface area contributed by atoms with Crippen LogP contribution in [0.3, 0.4) is 0 Å². The van der Waals surface area contributed by atoms with Gasteiger partial charge in [0.15, 0.2) is 17.3 Å². The number of carbonyl (C=O) groups is 2. The number of nitrogens with one attached hydrogen (secondary N) is 1.